The molecule has 1 heterocycles. The summed E-state index contributed by atoms with van der Waals surface area (Å²) in [7, 11) is 0. The Morgan fingerprint density at radius 1 is 1.57 bits per heavy atom. The van der Waals surface area contributed by atoms with Crippen LogP contribution in [0, 0.1) is 3.57 Å². The van der Waals surface area contributed by atoms with Crippen LogP contribution in [0.1, 0.15) is 22.3 Å². The number of carbonyl (C=O) groups excluding carboxylic acids is 1. The third kappa shape index (κ3) is 1.91. The van der Waals surface area contributed by atoms with Crippen LogP contribution in [-0.4, -0.2) is 10.9 Å². The predicted molar refractivity (Wildman–Crippen MR) is 54.8 cm³/mol. The fraction of sp³-hybridized carbons (Fsp3) is 0.143. The summed E-state index contributed by atoms with van der Waals surface area (Å²) in [5.41, 5.74) is 9.72. The minimum atomic E-state index is -2.77. The summed E-state index contributed by atoms with van der Waals surface area (Å²) in [6, 6.07) is 0. The topological polar surface area (TPSA) is 82.0 Å². The van der Waals surface area contributed by atoms with Crippen molar-refractivity contribution in [2.24, 2.45) is 5.73 Å². The second-order valence-corrected chi connectivity index (χ2v) is 3.53. The Bertz CT molecular complexity index is 383. The first kappa shape index (κ1) is 11.1. The Balaban J connectivity index is 3.41. The van der Waals surface area contributed by atoms with E-state index in [-0.39, 0.29) is 15.0 Å². The van der Waals surface area contributed by atoms with Gasteiger partial charge in [0, 0.05) is 9.77 Å². The first-order valence-electron chi connectivity index (χ1n) is 3.47. The highest BCUT2D eigenvalue weighted by atomic mass is 127. The molecule has 0 aliphatic rings. The molecule has 0 aliphatic heterocycles. The molecule has 7 heteroatoms. The molecule has 0 aromatic carbocycles. The molecule has 4 nitrogen and oxygen atoms in total. The number of anilines is 1. The lowest BCUT2D eigenvalue weighted by Crippen LogP contribution is -2.15. The van der Waals surface area contributed by atoms with Crippen LogP contribution in [0.2, 0.25) is 0 Å². The molecule has 4 N–H and O–H groups in total. The molecule has 0 aliphatic carbocycles. The maximum Gasteiger partial charge on any atom is 0.268 e. The van der Waals surface area contributed by atoms with E-state index in [4.69, 9.17) is 11.5 Å². The Morgan fingerprint density at radius 2 is 2.14 bits per heavy atom. The van der Waals surface area contributed by atoms with Gasteiger partial charge in [-0.25, -0.2) is 13.8 Å². The Hall–Kier alpha value is -0.990. The van der Waals surface area contributed by atoms with Crippen LogP contribution in [-0.2, 0) is 0 Å². The largest absolute Gasteiger partial charge is 0.383 e. The molecule has 1 amide bonds. The molecule has 0 saturated carbocycles. The fourth-order valence-electron chi connectivity index (χ4n) is 0.897. The summed E-state index contributed by atoms with van der Waals surface area (Å²) in [4.78, 5) is 14.3. The van der Waals surface area contributed by atoms with Gasteiger partial charge in [0.05, 0.1) is 11.1 Å². The first-order valence-corrected chi connectivity index (χ1v) is 4.54. The van der Waals surface area contributed by atoms with Gasteiger partial charge >= 0.3 is 0 Å². The van der Waals surface area contributed by atoms with Gasteiger partial charge in [0.25, 0.3) is 12.3 Å². The maximum absolute atomic E-state index is 12.5. The van der Waals surface area contributed by atoms with E-state index in [0.717, 1.165) is 6.20 Å². The lowest BCUT2D eigenvalue weighted by molar-refractivity contribution is 0.0998. The van der Waals surface area contributed by atoms with Crippen LogP contribution >= 0.6 is 22.6 Å². The van der Waals surface area contributed by atoms with E-state index in [2.05, 4.69) is 4.98 Å². The monoisotopic (exact) mass is 313 g/mol. The van der Waals surface area contributed by atoms with Gasteiger partial charge in [-0.05, 0) is 22.6 Å². The van der Waals surface area contributed by atoms with Gasteiger partial charge in [-0.3, -0.25) is 4.79 Å². The number of pyridine rings is 1. The number of nitrogen functional groups attached to an aromatic ring is 1. The van der Waals surface area contributed by atoms with Gasteiger partial charge in [0.15, 0.2) is 0 Å². The summed E-state index contributed by atoms with van der Waals surface area (Å²) in [6.45, 7) is 0. The van der Waals surface area contributed by atoms with E-state index in [1.807, 2.05) is 0 Å². The minimum absolute atomic E-state index is 0.0462. The second-order valence-electron chi connectivity index (χ2n) is 2.45. The summed E-state index contributed by atoms with van der Waals surface area (Å²) < 4.78 is 25.0. The number of aromatic nitrogens is 1. The van der Waals surface area contributed by atoms with E-state index in [9.17, 15) is 13.6 Å². The highest BCUT2D eigenvalue weighted by Gasteiger charge is 2.21. The van der Waals surface area contributed by atoms with Crippen molar-refractivity contribution in [3.8, 4) is 0 Å². The maximum atomic E-state index is 12.5. The summed E-state index contributed by atoms with van der Waals surface area (Å²) >= 11 is 1.60. The molecule has 76 valence electrons. The SMILES string of the molecule is NC(=O)c1cnc(N)c(C(F)F)c1I. The van der Waals surface area contributed by atoms with Crippen LogP contribution < -0.4 is 11.5 Å². The zero-order valence-corrected chi connectivity index (χ0v) is 8.96. The lowest BCUT2D eigenvalue weighted by atomic mass is 10.2. The number of primary amides is 1. The van der Waals surface area contributed by atoms with Crippen molar-refractivity contribution in [1.82, 2.24) is 4.98 Å². The molecule has 0 saturated heterocycles. The number of nitrogens with zero attached hydrogens (tertiary/aromatic N) is 1. The van der Waals surface area contributed by atoms with Gasteiger partial charge in [0.1, 0.15) is 5.82 Å². The number of halogens is 3. The fourth-order valence-corrected chi connectivity index (χ4v) is 1.81. The quantitative estimate of drug-likeness (QED) is 0.808. The molecule has 0 spiro atoms. The highest BCUT2D eigenvalue weighted by Crippen LogP contribution is 2.30. The van der Waals surface area contributed by atoms with Crippen molar-refractivity contribution in [1.29, 1.82) is 0 Å². The summed E-state index contributed by atoms with van der Waals surface area (Å²) in [5.74, 6) is -1.08. The predicted octanol–water partition coefficient (Wildman–Crippen LogP) is 1.30. The average molecular weight is 313 g/mol. The molecule has 0 unspecified atom stereocenters. The van der Waals surface area contributed by atoms with E-state index in [1.165, 1.54) is 0 Å². The number of nitrogens with two attached hydrogens (primary N) is 2. The van der Waals surface area contributed by atoms with Crippen molar-refractivity contribution < 1.29 is 13.6 Å². The van der Waals surface area contributed by atoms with Gasteiger partial charge in [-0.2, -0.15) is 0 Å². The molecule has 1 rings (SSSR count). The van der Waals surface area contributed by atoms with Gasteiger partial charge in [-0.15, -0.1) is 0 Å². The summed E-state index contributed by atoms with van der Waals surface area (Å²) in [6.07, 6.45) is -1.68. The molecule has 0 radical (unpaired) electrons. The van der Waals surface area contributed by atoms with Crippen molar-refractivity contribution in [2.45, 2.75) is 6.43 Å². The zero-order valence-electron chi connectivity index (χ0n) is 6.80. The summed E-state index contributed by atoms with van der Waals surface area (Å²) in [5, 5.41) is 0. The smallest absolute Gasteiger partial charge is 0.268 e. The van der Waals surface area contributed by atoms with Gasteiger partial charge < -0.3 is 11.5 Å². The number of rotatable bonds is 2. The molecular weight excluding hydrogens is 307 g/mol. The van der Waals surface area contributed by atoms with E-state index >= 15 is 0 Å². The van der Waals surface area contributed by atoms with Crippen molar-refractivity contribution >= 4 is 34.3 Å². The zero-order chi connectivity index (χ0) is 10.9. The first-order chi connectivity index (χ1) is 6.45. The third-order valence-electron chi connectivity index (χ3n) is 1.57. The second kappa shape index (κ2) is 4.03. The minimum Gasteiger partial charge on any atom is -0.383 e. The van der Waals surface area contributed by atoms with Crippen LogP contribution in [0.15, 0.2) is 6.20 Å². The molecule has 0 bridgehead atoms. The van der Waals surface area contributed by atoms with Gasteiger partial charge in [-0.1, -0.05) is 0 Å². The number of hydrogen-bond donors (Lipinski definition) is 2. The average Bonchev–Trinajstić information content (AvgIpc) is 2.02. The standard InChI is InChI=1S/C7H6F2IN3O/c8-5(9)3-4(10)2(7(12)14)1-13-6(3)11/h1,5H,(H2,11,13)(H2,12,14). The molecule has 0 atom stereocenters. The van der Waals surface area contributed by atoms with Crippen LogP contribution in [0.3, 0.4) is 0 Å². The number of hydrogen-bond acceptors (Lipinski definition) is 3. The van der Waals surface area contributed by atoms with Crippen LogP contribution in [0.25, 0.3) is 0 Å². The molecule has 0 fully saturated rings. The van der Waals surface area contributed by atoms with Gasteiger partial charge in [0.2, 0.25) is 0 Å². The Labute approximate surface area is 91.8 Å². The lowest BCUT2D eigenvalue weighted by Gasteiger charge is -2.08. The molecule has 1 aromatic rings. The van der Waals surface area contributed by atoms with E-state index in [1.54, 1.807) is 22.6 Å². The van der Waals surface area contributed by atoms with Crippen molar-refractivity contribution in [3.05, 3.63) is 20.9 Å². The number of amides is 1. The van der Waals surface area contributed by atoms with E-state index < -0.39 is 17.9 Å². The molecule has 14 heavy (non-hydrogen) atoms. The third-order valence-corrected chi connectivity index (χ3v) is 2.73. The number of alkyl halides is 2. The van der Waals surface area contributed by atoms with Crippen molar-refractivity contribution in [3.63, 3.8) is 0 Å². The number of carbonyl (C=O) groups is 1. The molecule has 1 aromatic heterocycles. The van der Waals surface area contributed by atoms with E-state index in [0.29, 0.717) is 0 Å². The highest BCUT2D eigenvalue weighted by molar-refractivity contribution is 14.1. The van der Waals surface area contributed by atoms with Crippen molar-refractivity contribution in [2.75, 3.05) is 5.73 Å². The van der Waals surface area contributed by atoms with Crippen LogP contribution in [0.4, 0.5) is 14.6 Å². The normalized spacial score (nSPS) is 10.6. The van der Waals surface area contributed by atoms with Crippen LogP contribution in [0.5, 0.6) is 0 Å². The molecular formula is C7H6F2IN3O. The Kier molecular flexibility index (Phi) is 3.19. The Morgan fingerprint density at radius 3 is 2.57 bits per heavy atom.